The minimum Gasteiger partial charge on any atom is -0.497 e. The number of ether oxygens (including phenoxy) is 4. The predicted molar refractivity (Wildman–Crippen MR) is 131 cm³/mol. The number of hydrogen-bond acceptors (Lipinski definition) is 9. The Kier molecular flexibility index (Phi) is 6.76. The maximum atomic E-state index is 13.6. The van der Waals surface area contributed by atoms with E-state index >= 15 is 0 Å². The zero-order valence-corrected chi connectivity index (χ0v) is 20.0. The highest BCUT2D eigenvalue weighted by molar-refractivity contribution is 7.22. The number of aromatic nitrogens is 1. The zero-order chi connectivity index (χ0) is 23.4. The van der Waals surface area contributed by atoms with E-state index < -0.39 is 5.91 Å². The Morgan fingerprint density at radius 1 is 1.00 bits per heavy atom. The molecule has 10 heteroatoms. The van der Waals surface area contributed by atoms with Gasteiger partial charge in [-0.15, -0.1) is 11.3 Å². The van der Waals surface area contributed by atoms with E-state index in [1.165, 1.54) is 49.0 Å². The van der Waals surface area contributed by atoms with Crippen LogP contribution in [0.2, 0.25) is 0 Å². The van der Waals surface area contributed by atoms with Crippen LogP contribution in [0.15, 0.2) is 52.9 Å². The molecule has 33 heavy (non-hydrogen) atoms. The lowest BCUT2D eigenvalue weighted by atomic mass is 10.1. The van der Waals surface area contributed by atoms with Gasteiger partial charge in [0.15, 0.2) is 11.5 Å². The maximum Gasteiger partial charge on any atom is 0.281 e. The molecule has 2 aromatic heterocycles. The number of anilines is 1. The molecule has 0 saturated carbocycles. The molecule has 2 aromatic carbocycles. The van der Waals surface area contributed by atoms with E-state index in [1.54, 1.807) is 25.5 Å². The van der Waals surface area contributed by atoms with Gasteiger partial charge >= 0.3 is 0 Å². The summed E-state index contributed by atoms with van der Waals surface area (Å²) in [6, 6.07) is 12.6. The summed E-state index contributed by atoms with van der Waals surface area (Å²) in [5.41, 5.74) is 1.05. The molecular formula is C23H21N3O5S2. The highest BCUT2D eigenvalue weighted by atomic mass is 32.1. The zero-order valence-electron chi connectivity index (χ0n) is 18.4. The summed E-state index contributed by atoms with van der Waals surface area (Å²) >= 11 is 2.86. The number of thiazole rings is 1. The molecule has 0 bridgehead atoms. The molecule has 0 aliphatic heterocycles. The van der Waals surface area contributed by atoms with E-state index in [4.69, 9.17) is 18.9 Å². The first kappa shape index (κ1) is 22.6. The molecule has 0 spiro atoms. The van der Waals surface area contributed by atoms with E-state index in [2.05, 4.69) is 10.1 Å². The molecule has 0 atom stereocenters. The lowest BCUT2D eigenvalue weighted by Crippen LogP contribution is -2.25. The molecule has 0 N–H and O–H groups in total. The van der Waals surface area contributed by atoms with Crippen LogP contribution >= 0.6 is 22.7 Å². The maximum absolute atomic E-state index is 13.6. The fourth-order valence-corrected chi connectivity index (χ4v) is 4.64. The minimum atomic E-state index is -0.395. The van der Waals surface area contributed by atoms with E-state index in [9.17, 15) is 4.79 Å². The van der Waals surface area contributed by atoms with Gasteiger partial charge in [-0.05, 0) is 41.8 Å². The summed E-state index contributed by atoms with van der Waals surface area (Å²) in [4.78, 5) is 19.2. The first-order valence-corrected chi connectivity index (χ1v) is 11.4. The second-order valence-electron chi connectivity index (χ2n) is 6.62. The van der Waals surface area contributed by atoms with Crippen LogP contribution in [0.25, 0.3) is 10.2 Å². The van der Waals surface area contributed by atoms with Crippen LogP contribution in [-0.4, -0.2) is 45.5 Å². The van der Waals surface area contributed by atoms with Gasteiger partial charge in [-0.1, -0.05) is 17.4 Å². The molecule has 0 radical (unpaired) electrons. The fraction of sp³-hybridized carbons (Fsp3) is 0.174. The molecule has 1 amide bonds. The van der Waals surface area contributed by atoms with Crippen molar-refractivity contribution in [2.45, 2.75) is 0 Å². The second-order valence-corrected chi connectivity index (χ2v) is 8.61. The highest BCUT2D eigenvalue weighted by Gasteiger charge is 2.24. The van der Waals surface area contributed by atoms with Crippen LogP contribution in [-0.2, 0) is 0 Å². The van der Waals surface area contributed by atoms with Crippen LogP contribution in [0.1, 0.15) is 15.2 Å². The van der Waals surface area contributed by atoms with Gasteiger partial charge in [0.05, 0.1) is 44.9 Å². The molecular weight excluding hydrogens is 462 g/mol. The van der Waals surface area contributed by atoms with Crippen molar-refractivity contribution < 1.29 is 23.7 Å². The summed E-state index contributed by atoms with van der Waals surface area (Å²) in [7, 11) is 6.11. The smallest absolute Gasteiger partial charge is 0.281 e. The first-order chi connectivity index (χ1) is 16.1. The molecule has 0 fully saturated rings. The number of carbonyl (C=O) groups excluding carboxylic acids is 1. The van der Waals surface area contributed by atoms with E-state index in [0.717, 1.165) is 15.1 Å². The number of fused-ring (bicyclic) bond motifs is 1. The van der Waals surface area contributed by atoms with Gasteiger partial charge in [0.25, 0.3) is 5.91 Å². The second kappa shape index (κ2) is 9.88. The number of thiophene rings is 1. The number of carbonyl (C=O) groups is 1. The van der Waals surface area contributed by atoms with Crippen molar-refractivity contribution in [3.8, 4) is 23.0 Å². The van der Waals surface area contributed by atoms with Crippen molar-refractivity contribution in [1.29, 1.82) is 0 Å². The summed E-state index contributed by atoms with van der Waals surface area (Å²) < 4.78 is 22.4. The highest BCUT2D eigenvalue weighted by Crippen LogP contribution is 2.39. The monoisotopic (exact) mass is 483 g/mol. The Morgan fingerprint density at radius 2 is 1.76 bits per heavy atom. The quantitative estimate of drug-likeness (QED) is 0.257. The third kappa shape index (κ3) is 4.62. The number of amides is 1. The molecule has 0 aliphatic carbocycles. The van der Waals surface area contributed by atoms with E-state index in [-0.39, 0.29) is 0 Å². The van der Waals surface area contributed by atoms with Gasteiger partial charge in [-0.2, -0.15) is 10.1 Å². The Hall–Kier alpha value is -3.63. The molecule has 0 aliphatic rings. The number of hydrogen-bond donors (Lipinski definition) is 0. The van der Waals surface area contributed by atoms with E-state index in [1.807, 2.05) is 35.7 Å². The third-order valence-corrected chi connectivity index (χ3v) is 6.51. The average molecular weight is 484 g/mol. The Bertz CT molecular complexity index is 1280. The van der Waals surface area contributed by atoms with Crippen molar-refractivity contribution in [1.82, 2.24) is 4.98 Å². The average Bonchev–Trinajstić information content (AvgIpc) is 3.52. The first-order valence-electron chi connectivity index (χ1n) is 9.74. The van der Waals surface area contributed by atoms with Gasteiger partial charge in [-0.25, -0.2) is 4.98 Å². The Labute approximate surface area is 198 Å². The molecule has 0 unspecified atom stereocenters. The van der Waals surface area contributed by atoms with Crippen LogP contribution < -0.4 is 24.0 Å². The van der Waals surface area contributed by atoms with Crippen LogP contribution in [0, 0.1) is 0 Å². The number of benzene rings is 2. The predicted octanol–water partition coefficient (Wildman–Crippen LogP) is 5.07. The third-order valence-electron chi connectivity index (χ3n) is 4.71. The Balaban J connectivity index is 1.80. The summed E-state index contributed by atoms with van der Waals surface area (Å²) in [5, 5.41) is 8.11. The number of hydrazone groups is 1. The van der Waals surface area contributed by atoms with E-state index in [0.29, 0.717) is 33.7 Å². The fourth-order valence-electron chi connectivity index (χ4n) is 3.11. The molecule has 8 nitrogen and oxygen atoms in total. The van der Waals surface area contributed by atoms with Gasteiger partial charge in [0, 0.05) is 10.4 Å². The number of rotatable bonds is 8. The molecule has 2 heterocycles. The van der Waals surface area contributed by atoms with Gasteiger partial charge in [-0.3, -0.25) is 4.79 Å². The molecule has 4 aromatic rings. The SMILES string of the molecule is COc1ccc2nc(N(/N=C/c3cccs3)C(=O)c3cc(OC)c(OC)c(OC)c3)sc2c1. The van der Waals surface area contributed by atoms with Crippen molar-refractivity contribution in [2.24, 2.45) is 5.10 Å². The normalized spacial score (nSPS) is 11.0. The number of nitrogens with zero attached hydrogens (tertiary/aromatic N) is 3. The van der Waals surface area contributed by atoms with Gasteiger partial charge in [0.1, 0.15) is 5.75 Å². The lowest BCUT2D eigenvalue weighted by Gasteiger charge is -2.17. The number of methoxy groups -OCH3 is 4. The largest absolute Gasteiger partial charge is 0.497 e. The van der Waals surface area contributed by atoms with Gasteiger partial charge < -0.3 is 18.9 Å². The van der Waals surface area contributed by atoms with Crippen molar-refractivity contribution in [3.05, 3.63) is 58.3 Å². The van der Waals surface area contributed by atoms with Crippen molar-refractivity contribution in [2.75, 3.05) is 33.4 Å². The molecule has 4 rings (SSSR count). The molecule has 0 saturated heterocycles. The topological polar surface area (TPSA) is 82.5 Å². The Morgan fingerprint density at radius 3 is 2.36 bits per heavy atom. The van der Waals surface area contributed by atoms with Gasteiger partial charge in [0.2, 0.25) is 10.9 Å². The lowest BCUT2D eigenvalue weighted by molar-refractivity contribution is 0.0987. The van der Waals surface area contributed by atoms with Crippen LogP contribution in [0.5, 0.6) is 23.0 Å². The minimum absolute atomic E-state index is 0.310. The molecule has 170 valence electrons. The summed E-state index contributed by atoms with van der Waals surface area (Å²) in [5.74, 6) is 1.46. The van der Waals surface area contributed by atoms with Crippen molar-refractivity contribution in [3.63, 3.8) is 0 Å². The summed E-state index contributed by atoms with van der Waals surface area (Å²) in [6.45, 7) is 0. The standard InChI is InChI=1S/C23H21N3O5S2/c1-28-15-7-8-17-20(12-15)33-23(25-17)26(24-13-16-6-5-9-32-16)22(27)14-10-18(29-2)21(31-4)19(11-14)30-3/h5-13H,1-4H3/b24-13+. The van der Waals surface area contributed by atoms with Crippen LogP contribution in [0.3, 0.4) is 0 Å². The van der Waals surface area contributed by atoms with Crippen molar-refractivity contribution >= 4 is 50.1 Å². The van der Waals surface area contributed by atoms with Crippen LogP contribution in [0.4, 0.5) is 5.13 Å². The summed E-state index contributed by atoms with van der Waals surface area (Å²) in [6.07, 6.45) is 1.63.